The third-order valence-corrected chi connectivity index (χ3v) is 3.39. The Kier molecular flexibility index (Phi) is 4.20. The predicted octanol–water partition coefficient (Wildman–Crippen LogP) is 2.02. The van der Waals surface area contributed by atoms with Crippen molar-refractivity contribution < 1.29 is 5.11 Å². The lowest BCUT2D eigenvalue weighted by molar-refractivity contribution is 0.0500. The van der Waals surface area contributed by atoms with Gasteiger partial charge in [0.2, 0.25) is 0 Å². The fourth-order valence-electron chi connectivity index (χ4n) is 2.42. The van der Waals surface area contributed by atoms with Crippen LogP contribution in [0.3, 0.4) is 0 Å². The first-order valence-electron chi connectivity index (χ1n) is 5.64. The molecular weight excluding hydrogens is 162 g/mol. The van der Waals surface area contributed by atoms with Crippen LogP contribution in [0.1, 0.15) is 46.5 Å². The SMILES string of the molecule is CCC(C)N(CC)C1CCCC1O. The zero-order valence-corrected chi connectivity index (χ0v) is 9.16. The Morgan fingerprint density at radius 1 is 1.38 bits per heavy atom. The van der Waals surface area contributed by atoms with Gasteiger partial charge in [-0.2, -0.15) is 0 Å². The van der Waals surface area contributed by atoms with Gasteiger partial charge >= 0.3 is 0 Å². The van der Waals surface area contributed by atoms with Crippen LogP contribution in [-0.4, -0.2) is 34.7 Å². The van der Waals surface area contributed by atoms with Crippen molar-refractivity contribution in [1.29, 1.82) is 0 Å². The van der Waals surface area contributed by atoms with Gasteiger partial charge in [-0.05, 0) is 39.2 Å². The lowest BCUT2D eigenvalue weighted by Crippen LogP contribution is -2.45. The van der Waals surface area contributed by atoms with Gasteiger partial charge < -0.3 is 5.11 Å². The van der Waals surface area contributed by atoms with Crippen LogP contribution in [0.2, 0.25) is 0 Å². The van der Waals surface area contributed by atoms with Gasteiger partial charge in [-0.25, -0.2) is 0 Å². The summed E-state index contributed by atoms with van der Waals surface area (Å²) in [4.78, 5) is 2.46. The number of aliphatic hydroxyl groups is 1. The normalized spacial score (nSPS) is 31.2. The largest absolute Gasteiger partial charge is 0.391 e. The highest BCUT2D eigenvalue weighted by Crippen LogP contribution is 2.26. The topological polar surface area (TPSA) is 23.5 Å². The van der Waals surface area contributed by atoms with E-state index in [-0.39, 0.29) is 6.10 Å². The fourth-order valence-corrected chi connectivity index (χ4v) is 2.42. The van der Waals surface area contributed by atoms with Crippen molar-refractivity contribution in [3.05, 3.63) is 0 Å². The van der Waals surface area contributed by atoms with Crippen LogP contribution in [0.15, 0.2) is 0 Å². The second-order valence-electron chi connectivity index (χ2n) is 4.15. The summed E-state index contributed by atoms with van der Waals surface area (Å²) in [6.45, 7) is 7.73. The zero-order chi connectivity index (χ0) is 9.84. The van der Waals surface area contributed by atoms with Crippen molar-refractivity contribution in [2.75, 3.05) is 6.54 Å². The van der Waals surface area contributed by atoms with Crippen molar-refractivity contribution >= 4 is 0 Å². The number of rotatable bonds is 4. The quantitative estimate of drug-likeness (QED) is 0.724. The van der Waals surface area contributed by atoms with E-state index in [1.807, 2.05) is 0 Å². The van der Waals surface area contributed by atoms with Crippen molar-refractivity contribution in [2.45, 2.75) is 64.6 Å². The summed E-state index contributed by atoms with van der Waals surface area (Å²) < 4.78 is 0. The molecule has 78 valence electrons. The molecular formula is C11H23NO. The van der Waals surface area contributed by atoms with Gasteiger partial charge in [-0.15, -0.1) is 0 Å². The first-order valence-corrected chi connectivity index (χ1v) is 5.64. The molecule has 1 saturated carbocycles. The van der Waals surface area contributed by atoms with Crippen molar-refractivity contribution in [3.8, 4) is 0 Å². The Balaban J connectivity index is 2.54. The molecule has 13 heavy (non-hydrogen) atoms. The second-order valence-corrected chi connectivity index (χ2v) is 4.15. The minimum atomic E-state index is -0.0750. The maximum absolute atomic E-state index is 9.79. The molecule has 1 aliphatic carbocycles. The average Bonchev–Trinajstić information content (AvgIpc) is 2.53. The second kappa shape index (κ2) is 4.97. The maximum atomic E-state index is 9.79. The third-order valence-electron chi connectivity index (χ3n) is 3.39. The Hall–Kier alpha value is -0.0800. The molecule has 0 aliphatic heterocycles. The summed E-state index contributed by atoms with van der Waals surface area (Å²) in [5, 5.41) is 9.79. The third kappa shape index (κ3) is 2.44. The molecule has 0 heterocycles. The van der Waals surface area contributed by atoms with E-state index < -0.39 is 0 Å². The zero-order valence-electron chi connectivity index (χ0n) is 9.16. The van der Waals surface area contributed by atoms with Gasteiger partial charge in [0, 0.05) is 12.1 Å². The number of nitrogens with zero attached hydrogens (tertiary/aromatic N) is 1. The molecule has 0 saturated heterocycles. The van der Waals surface area contributed by atoms with Gasteiger partial charge in [0.1, 0.15) is 0 Å². The Morgan fingerprint density at radius 2 is 2.08 bits per heavy atom. The van der Waals surface area contributed by atoms with Crippen LogP contribution in [-0.2, 0) is 0 Å². The van der Waals surface area contributed by atoms with Crippen LogP contribution in [0.5, 0.6) is 0 Å². The van der Waals surface area contributed by atoms with Crippen LogP contribution < -0.4 is 0 Å². The molecule has 1 N–H and O–H groups in total. The smallest absolute Gasteiger partial charge is 0.0695 e. The highest BCUT2D eigenvalue weighted by molar-refractivity contribution is 4.86. The van der Waals surface area contributed by atoms with E-state index in [4.69, 9.17) is 0 Å². The number of aliphatic hydroxyl groups excluding tert-OH is 1. The first-order chi connectivity index (χ1) is 6.20. The van der Waals surface area contributed by atoms with Gasteiger partial charge in [-0.3, -0.25) is 4.90 Å². The summed E-state index contributed by atoms with van der Waals surface area (Å²) in [7, 11) is 0. The Bertz CT molecular complexity index is 149. The molecule has 3 unspecified atom stereocenters. The van der Waals surface area contributed by atoms with Gasteiger partial charge in [0.05, 0.1) is 6.10 Å². The molecule has 2 nitrogen and oxygen atoms in total. The summed E-state index contributed by atoms with van der Waals surface area (Å²) in [6, 6.07) is 1.04. The van der Waals surface area contributed by atoms with Crippen molar-refractivity contribution in [1.82, 2.24) is 4.90 Å². The average molecular weight is 185 g/mol. The monoisotopic (exact) mass is 185 g/mol. The highest BCUT2D eigenvalue weighted by atomic mass is 16.3. The highest BCUT2D eigenvalue weighted by Gasteiger charge is 2.31. The van der Waals surface area contributed by atoms with E-state index in [0.29, 0.717) is 12.1 Å². The van der Waals surface area contributed by atoms with Crippen LogP contribution in [0, 0.1) is 0 Å². The van der Waals surface area contributed by atoms with E-state index in [9.17, 15) is 5.11 Å². The molecule has 0 radical (unpaired) electrons. The molecule has 0 spiro atoms. The fraction of sp³-hybridized carbons (Fsp3) is 1.00. The molecule has 0 amide bonds. The first kappa shape index (κ1) is 11.0. The minimum absolute atomic E-state index is 0.0750. The molecule has 0 bridgehead atoms. The summed E-state index contributed by atoms with van der Waals surface area (Å²) in [6.07, 6.45) is 4.47. The van der Waals surface area contributed by atoms with Gasteiger partial charge in [0.15, 0.2) is 0 Å². The van der Waals surface area contributed by atoms with E-state index in [0.717, 1.165) is 13.0 Å². The lowest BCUT2D eigenvalue weighted by atomic mass is 10.1. The van der Waals surface area contributed by atoms with Crippen LogP contribution in [0.25, 0.3) is 0 Å². The molecule has 0 aromatic rings. The van der Waals surface area contributed by atoms with Crippen LogP contribution in [0.4, 0.5) is 0 Å². The standard InChI is InChI=1S/C11H23NO/c1-4-9(3)12(5-2)10-7-6-8-11(10)13/h9-11,13H,4-8H2,1-3H3. The maximum Gasteiger partial charge on any atom is 0.0695 e. The molecule has 1 aliphatic rings. The molecule has 0 aromatic heterocycles. The van der Waals surface area contributed by atoms with E-state index in [1.54, 1.807) is 0 Å². The minimum Gasteiger partial charge on any atom is -0.391 e. The molecule has 0 aromatic carbocycles. The lowest BCUT2D eigenvalue weighted by Gasteiger charge is -2.34. The molecule has 1 fully saturated rings. The van der Waals surface area contributed by atoms with Gasteiger partial charge in [0.25, 0.3) is 0 Å². The summed E-state index contributed by atoms with van der Waals surface area (Å²) in [5.74, 6) is 0. The van der Waals surface area contributed by atoms with E-state index >= 15 is 0 Å². The molecule has 2 heteroatoms. The summed E-state index contributed by atoms with van der Waals surface area (Å²) >= 11 is 0. The van der Waals surface area contributed by atoms with Crippen molar-refractivity contribution in [3.63, 3.8) is 0 Å². The predicted molar refractivity (Wildman–Crippen MR) is 55.8 cm³/mol. The Morgan fingerprint density at radius 3 is 2.46 bits per heavy atom. The molecule has 3 atom stereocenters. The number of likely N-dealkylation sites (N-methyl/N-ethyl adjacent to an activating group) is 1. The van der Waals surface area contributed by atoms with Gasteiger partial charge in [-0.1, -0.05) is 13.8 Å². The van der Waals surface area contributed by atoms with Crippen molar-refractivity contribution in [2.24, 2.45) is 0 Å². The van der Waals surface area contributed by atoms with E-state index in [1.165, 1.54) is 19.3 Å². The number of hydrogen-bond donors (Lipinski definition) is 1. The Labute approximate surface area is 81.9 Å². The van der Waals surface area contributed by atoms with Crippen LogP contribution >= 0.6 is 0 Å². The number of hydrogen-bond acceptors (Lipinski definition) is 2. The molecule has 1 rings (SSSR count). The summed E-state index contributed by atoms with van der Waals surface area (Å²) in [5.41, 5.74) is 0. The van der Waals surface area contributed by atoms with E-state index in [2.05, 4.69) is 25.7 Å².